The summed E-state index contributed by atoms with van der Waals surface area (Å²) in [7, 11) is 4.26. The van der Waals surface area contributed by atoms with Gasteiger partial charge >= 0.3 is 11.3 Å². The number of aliphatic hydroxyl groups excluding tert-OH is 1. The zero-order valence-electron chi connectivity index (χ0n) is 13.8. The molecule has 0 unspecified atom stereocenters. The van der Waals surface area contributed by atoms with Crippen LogP contribution in [0.15, 0.2) is 54.6 Å². The summed E-state index contributed by atoms with van der Waals surface area (Å²) in [5.41, 5.74) is 0.714. The zero-order chi connectivity index (χ0) is 18.1. The van der Waals surface area contributed by atoms with Crippen LogP contribution in [-0.2, 0) is 4.65 Å². The molecule has 0 aromatic heterocycles. The van der Waals surface area contributed by atoms with E-state index in [0.717, 1.165) is 18.6 Å². The molecule has 0 spiro atoms. The maximum atomic E-state index is 10.8. The van der Waals surface area contributed by atoms with Gasteiger partial charge in [0.15, 0.2) is 5.78 Å². The van der Waals surface area contributed by atoms with Crippen molar-refractivity contribution >= 4 is 5.78 Å². The van der Waals surface area contributed by atoms with Crippen molar-refractivity contribution in [3.63, 3.8) is 0 Å². The molecule has 2 aromatic carbocycles. The molecule has 0 fully saturated rings. The van der Waals surface area contributed by atoms with Crippen LogP contribution in [0.4, 0.5) is 0 Å². The van der Waals surface area contributed by atoms with Crippen LogP contribution in [-0.4, -0.2) is 32.2 Å². The molecule has 0 saturated heterocycles. The standard InChI is InChI=1S/C9H10O2.C7H8O.CH4O.CO.CH4/c1-7(10)8-3-5-9(11-2)6-4-8;1-8-7-5-3-2-4-6-7;2*1-2;/h3-6H,1-2H3;2-6H,1H3;2H,1H3;;1H4. The second kappa shape index (κ2) is 18.5. The third-order valence-corrected chi connectivity index (χ3v) is 2.48. The van der Waals surface area contributed by atoms with Crippen LogP contribution in [0.25, 0.3) is 0 Å². The number of ether oxygens (including phenoxy) is 2. The van der Waals surface area contributed by atoms with Gasteiger partial charge in [0.25, 0.3) is 0 Å². The number of benzene rings is 2. The Labute approximate surface area is 144 Å². The molecule has 0 atom stereocenters. The fourth-order valence-electron chi connectivity index (χ4n) is 1.38. The van der Waals surface area contributed by atoms with E-state index in [1.54, 1.807) is 45.4 Å². The Balaban J connectivity index is -0.000000302. The molecule has 0 aliphatic heterocycles. The summed E-state index contributed by atoms with van der Waals surface area (Å²) in [5, 5.41) is 7.00. The van der Waals surface area contributed by atoms with E-state index in [1.165, 1.54) is 0 Å². The minimum atomic E-state index is 0. The molecule has 132 valence electrons. The maximum absolute atomic E-state index is 10.8. The van der Waals surface area contributed by atoms with Crippen molar-refractivity contribution in [2.45, 2.75) is 14.4 Å². The van der Waals surface area contributed by atoms with Crippen LogP contribution in [0.1, 0.15) is 24.7 Å². The monoisotopic (exact) mass is 334 g/mol. The van der Waals surface area contributed by atoms with Crippen LogP contribution in [0.2, 0.25) is 0 Å². The number of Topliss-reactive ketones (excluding diaryl/α,β-unsaturated/α-hetero) is 1. The van der Waals surface area contributed by atoms with E-state index in [1.807, 2.05) is 30.3 Å². The SMILES string of the molecule is C.CO.COc1ccc(C(C)=O)cc1.COc1ccccc1.[C-]#[O+]. The van der Waals surface area contributed by atoms with Gasteiger partial charge in [0.2, 0.25) is 0 Å². The average Bonchev–Trinajstić information content (AvgIpc) is 2.66. The third-order valence-electron chi connectivity index (χ3n) is 2.48. The summed E-state index contributed by atoms with van der Waals surface area (Å²) in [5.74, 6) is 1.76. The van der Waals surface area contributed by atoms with Crippen molar-refractivity contribution < 1.29 is 24.0 Å². The first-order valence-corrected chi connectivity index (χ1v) is 6.56. The first-order valence-electron chi connectivity index (χ1n) is 6.56. The second-order valence-electron chi connectivity index (χ2n) is 3.80. The normalized spacial score (nSPS) is 7.46. The number of para-hydroxylation sites is 1. The summed E-state index contributed by atoms with van der Waals surface area (Å²) in [6, 6.07) is 16.7. The van der Waals surface area contributed by atoms with Gasteiger partial charge in [-0.05, 0) is 43.3 Å². The molecule has 0 bridgehead atoms. The van der Waals surface area contributed by atoms with Gasteiger partial charge in [-0.2, -0.15) is 0 Å². The number of aliphatic hydroxyl groups is 1. The topological polar surface area (TPSA) is 75.7 Å². The van der Waals surface area contributed by atoms with Crippen molar-refractivity contribution in [2.24, 2.45) is 0 Å². The van der Waals surface area contributed by atoms with Gasteiger partial charge in [0.1, 0.15) is 11.5 Å². The van der Waals surface area contributed by atoms with Gasteiger partial charge in [0, 0.05) is 12.7 Å². The first-order chi connectivity index (χ1) is 11.2. The first kappa shape index (κ1) is 26.3. The number of ketones is 1. The molecule has 0 aliphatic rings. The fraction of sp³-hybridized carbons (Fsp3) is 0.263. The molecule has 5 nitrogen and oxygen atoms in total. The molecule has 5 heteroatoms. The van der Waals surface area contributed by atoms with E-state index in [-0.39, 0.29) is 13.2 Å². The summed E-state index contributed by atoms with van der Waals surface area (Å²) in [6.45, 7) is 6.04. The molecular formula is C19H26O5. The van der Waals surface area contributed by atoms with Crippen molar-refractivity contribution in [2.75, 3.05) is 21.3 Å². The molecule has 2 rings (SSSR count). The Morgan fingerprint density at radius 2 is 1.25 bits per heavy atom. The van der Waals surface area contributed by atoms with Gasteiger partial charge < -0.3 is 14.6 Å². The Kier molecular flexibility index (Phi) is 20.2. The van der Waals surface area contributed by atoms with Crippen molar-refractivity contribution in [3.05, 3.63) is 66.8 Å². The number of methoxy groups -OCH3 is 2. The summed E-state index contributed by atoms with van der Waals surface area (Å²) in [6.07, 6.45) is 0. The van der Waals surface area contributed by atoms with Gasteiger partial charge in [0.05, 0.1) is 14.2 Å². The number of rotatable bonds is 3. The minimum absolute atomic E-state index is 0. The number of hydrogen-bond acceptors (Lipinski definition) is 4. The molecule has 1 N–H and O–H groups in total. The molecule has 0 heterocycles. The van der Waals surface area contributed by atoms with E-state index in [2.05, 4.69) is 6.65 Å². The van der Waals surface area contributed by atoms with Gasteiger partial charge in [-0.15, -0.1) is 0 Å². The Bertz CT molecular complexity index is 533. The van der Waals surface area contributed by atoms with E-state index in [9.17, 15) is 4.79 Å². The number of carbonyl (C=O) groups excluding carboxylic acids is 1. The van der Waals surface area contributed by atoms with Crippen molar-refractivity contribution in [1.29, 1.82) is 0 Å². The van der Waals surface area contributed by atoms with Crippen LogP contribution in [0, 0.1) is 6.65 Å². The molecule has 0 aliphatic carbocycles. The molecule has 0 saturated carbocycles. The molecule has 0 amide bonds. The predicted molar refractivity (Wildman–Crippen MR) is 94.8 cm³/mol. The third kappa shape index (κ3) is 12.0. The molecule has 24 heavy (non-hydrogen) atoms. The second-order valence-corrected chi connectivity index (χ2v) is 3.80. The van der Waals surface area contributed by atoms with E-state index >= 15 is 0 Å². The average molecular weight is 334 g/mol. The Morgan fingerprint density at radius 1 is 0.875 bits per heavy atom. The number of carbonyl (C=O) groups is 1. The fourth-order valence-corrected chi connectivity index (χ4v) is 1.38. The van der Waals surface area contributed by atoms with Crippen LogP contribution < -0.4 is 9.47 Å². The summed E-state index contributed by atoms with van der Waals surface area (Å²) in [4.78, 5) is 10.8. The van der Waals surface area contributed by atoms with Gasteiger partial charge in [-0.3, -0.25) is 4.79 Å². The van der Waals surface area contributed by atoms with Crippen LogP contribution in [0.5, 0.6) is 11.5 Å². The molecule has 0 radical (unpaired) electrons. The summed E-state index contributed by atoms with van der Waals surface area (Å²) >= 11 is 0. The van der Waals surface area contributed by atoms with Crippen molar-refractivity contribution in [3.8, 4) is 11.5 Å². The van der Waals surface area contributed by atoms with Gasteiger partial charge in [-0.1, -0.05) is 25.6 Å². The predicted octanol–water partition coefficient (Wildman–Crippen LogP) is 3.80. The quantitative estimate of drug-likeness (QED) is 0.526. The van der Waals surface area contributed by atoms with Crippen LogP contribution in [0.3, 0.4) is 0 Å². The van der Waals surface area contributed by atoms with E-state index in [4.69, 9.17) is 19.2 Å². The molecular weight excluding hydrogens is 308 g/mol. The Hall–Kier alpha value is -2.59. The Morgan fingerprint density at radius 3 is 1.54 bits per heavy atom. The summed E-state index contributed by atoms with van der Waals surface area (Å²) < 4.78 is 17.4. The van der Waals surface area contributed by atoms with Crippen molar-refractivity contribution in [1.82, 2.24) is 0 Å². The van der Waals surface area contributed by atoms with E-state index < -0.39 is 0 Å². The molecule has 2 aromatic rings. The number of hydrogen-bond donors (Lipinski definition) is 1. The van der Waals surface area contributed by atoms with Crippen LogP contribution >= 0.6 is 0 Å². The van der Waals surface area contributed by atoms with E-state index in [0.29, 0.717) is 5.56 Å². The van der Waals surface area contributed by atoms with Gasteiger partial charge in [-0.25, -0.2) is 0 Å². The zero-order valence-corrected chi connectivity index (χ0v) is 13.8.